The van der Waals surface area contributed by atoms with Gasteiger partial charge in [0.25, 0.3) is 11.9 Å². The zero-order valence-corrected chi connectivity index (χ0v) is 20.4. The smallest absolute Gasteiger partial charge is 0.254 e. The number of aliphatic hydroxyl groups is 1. The molecule has 0 radical (unpaired) electrons. The first-order valence-electron chi connectivity index (χ1n) is 12.3. The molecule has 3 heterocycles. The van der Waals surface area contributed by atoms with Gasteiger partial charge in [-0.05, 0) is 58.9 Å². The summed E-state index contributed by atoms with van der Waals surface area (Å²) in [5.74, 6) is 0.305. The predicted octanol–water partition coefficient (Wildman–Crippen LogP) is 2.78. The Morgan fingerprint density at radius 2 is 1.74 bits per heavy atom. The van der Waals surface area contributed by atoms with Crippen molar-refractivity contribution in [3.63, 3.8) is 0 Å². The molecule has 1 atom stereocenters. The maximum absolute atomic E-state index is 12.9. The molecule has 2 aromatic heterocycles. The van der Waals surface area contributed by atoms with Crippen LogP contribution in [0.15, 0.2) is 36.7 Å². The van der Waals surface area contributed by atoms with Crippen molar-refractivity contribution in [3.05, 3.63) is 47.9 Å². The normalized spacial score (nSPS) is 22.6. The van der Waals surface area contributed by atoms with E-state index in [1.807, 2.05) is 36.1 Å². The Morgan fingerprint density at radius 3 is 2.37 bits per heavy atom. The number of carbonyl (C=O) groups is 2. The van der Waals surface area contributed by atoms with Crippen LogP contribution >= 0.6 is 0 Å². The summed E-state index contributed by atoms with van der Waals surface area (Å²) < 4.78 is 1.69. The molecule has 0 bridgehead atoms. The number of aryl methyl sites for hydroxylation is 1. The number of likely N-dealkylation sites (tertiary alicyclic amines) is 1. The molecule has 1 saturated carbocycles. The summed E-state index contributed by atoms with van der Waals surface area (Å²) in [5.41, 5.74) is 1.33. The number of fused-ring (bicyclic) bond motifs is 1. The van der Waals surface area contributed by atoms with Gasteiger partial charge in [0.15, 0.2) is 0 Å². The molecule has 184 valence electrons. The van der Waals surface area contributed by atoms with E-state index < -0.39 is 5.60 Å². The second kappa shape index (κ2) is 9.03. The summed E-state index contributed by atoms with van der Waals surface area (Å²) in [6.45, 7) is 6.18. The average Bonchev–Trinajstić information content (AvgIpc) is 3.14. The van der Waals surface area contributed by atoms with Gasteiger partial charge in [-0.25, -0.2) is 9.97 Å². The van der Waals surface area contributed by atoms with Crippen molar-refractivity contribution in [1.29, 1.82) is 0 Å². The van der Waals surface area contributed by atoms with Gasteiger partial charge in [0.05, 0.1) is 28.4 Å². The van der Waals surface area contributed by atoms with Gasteiger partial charge < -0.3 is 15.3 Å². The fourth-order valence-corrected chi connectivity index (χ4v) is 5.30. The van der Waals surface area contributed by atoms with E-state index in [9.17, 15) is 14.7 Å². The van der Waals surface area contributed by atoms with Crippen molar-refractivity contribution in [2.24, 2.45) is 5.92 Å². The van der Waals surface area contributed by atoms with E-state index in [1.54, 1.807) is 18.5 Å². The molecule has 35 heavy (non-hydrogen) atoms. The maximum atomic E-state index is 12.9. The Labute approximate surface area is 204 Å². The summed E-state index contributed by atoms with van der Waals surface area (Å²) in [6, 6.07) is 7.81. The van der Waals surface area contributed by atoms with Gasteiger partial charge in [-0.2, -0.15) is 9.78 Å². The Morgan fingerprint density at radius 1 is 1.06 bits per heavy atom. The van der Waals surface area contributed by atoms with E-state index in [2.05, 4.69) is 20.4 Å². The first-order chi connectivity index (χ1) is 16.7. The van der Waals surface area contributed by atoms with Crippen molar-refractivity contribution in [3.8, 4) is 5.95 Å². The molecule has 2 aliphatic rings. The van der Waals surface area contributed by atoms with Gasteiger partial charge in [0.1, 0.15) is 0 Å². The molecule has 1 aliphatic carbocycles. The van der Waals surface area contributed by atoms with E-state index in [0.717, 1.165) is 48.7 Å². The Balaban J connectivity index is 1.17. The van der Waals surface area contributed by atoms with Crippen LogP contribution in [0.1, 0.15) is 62.0 Å². The van der Waals surface area contributed by atoms with Crippen LogP contribution in [0.25, 0.3) is 16.9 Å². The quantitative estimate of drug-likeness (QED) is 0.586. The second-order valence-electron chi connectivity index (χ2n) is 10.3. The third kappa shape index (κ3) is 4.52. The van der Waals surface area contributed by atoms with Crippen molar-refractivity contribution in [2.75, 3.05) is 6.54 Å². The lowest BCUT2D eigenvalue weighted by Crippen LogP contribution is -2.62. The molecule has 2 fully saturated rings. The zero-order chi connectivity index (χ0) is 24.7. The van der Waals surface area contributed by atoms with Gasteiger partial charge >= 0.3 is 0 Å². The van der Waals surface area contributed by atoms with Crippen LogP contribution in [0.5, 0.6) is 0 Å². The SMILES string of the molecule is Cc1nn(-c2ncc(C(=O)NC3CCC(C(=O)N4CCC4C(C)(C)O)CC3)cn2)c2ccccc12. The number of aromatic nitrogens is 4. The van der Waals surface area contributed by atoms with Crippen LogP contribution in [0.3, 0.4) is 0 Å². The third-order valence-corrected chi connectivity index (χ3v) is 7.39. The number of rotatable bonds is 5. The first-order valence-corrected chi connectivity index (χ1v) is 12.3. The fraction of sp³-hybridized carbons (Fsp3) is 0.500. The number of hydrogen-bond acceptors (Lipinski definition) is 6. The highest BCUT2D eigenvalue weighted by Crippen LogP contribution is 2.33. The summed E-state index contributed by atoms with van der Waals surface area (Å²) in [5, 5.41) is 18.9. The minimum Gasteiger partial charge on any atom is -0.388 e. The highest BCUT2D eigenvalue weighted by atomic mass is 16.3. The number of nitrogens with zero attached hydrogens (tertiary/aromatic N) is 5. The number of nitrogens with one attached hydrogen (secondary N) is 1. The first kappa shape index (κ1) is 23.4. The number of para-hydroxylation sites is 1. The van der Waals surface area contributed by atoms with Gasteiger partial charge in [0.2, 0.25) is 5.91 Å². The van der Waals surface area contributed by atoms with Crippen LogP contribution in [-0.2, 0) is 4.79 Å². The van der Waals surface area contributed by atoms with Crippen molar-refractivity contribution in [2.45, 2.75) is 70.6 Å². The molecule has 1 saturated heterocycles. The van der Waals surface area contributed by atoms with Crippen LogP contribution in [-0.4, -0.2) is 65.8 Å². The number of amides is 2. The molecule has 2 amide bonds. The molecule has 1 unspecified atom stereocenters. The lowest BCUT2D eigenvalue weighted by molar-refractivity contribution is -0.155. The Bertz CT molecular complexity index is 1240. The summed E-state index contributed by atoms with van der Waals surface area (Å²) in [7, 11) is 0. The van der Waals surface area contributed by atoms with E-state index >= 15 is 0 Å². The van der Waals surface area contributed by atoms with E-state index in [0.29, 0.717) is 18.1 Å². The molecular formula is C26H32N6O3. The molecular weight excluding hydrogens is 444 g/mol. The van der Waals surface area contributed by atoms with Crippen molar-refractivity contribution >= 4 is 22.7 Å². The molecule has 5 rings (SSSR count). The molecule has 1 aromatic carbocycles. The van der Waals surface area contributed by atoms with Crippen molar-refractivity contribution in [1.82, 2.24) is 30.0 Å². The van der Waals surface area contributed by atoms with Crippen LogP contribution < -0.4 is 5.32 Å². The molecule has 1 aliphatic heterocycles. The minimum atomic E-state index is -0.875. The molecule has 2 N–H and O–H groups in total. The minimum absolute atomic E-state index is 0.0189. The molecule has 3 aromatic rings. The van der Waals surface area contributed by atoms with Gasteiger partial charge in [-0.15, -0.1) is 0 Å². The Hall–Kier alpha value is -3.33. The topological polar surface area (TPSA) is 113 Å². The zero-order valence-electron chi connectivity index (χ0n) is 20.4. The predicted molar refractivity (Wildman–Crippen MR) is 131 cm³/mol. The lowest BCUT2D eigenvalue weighted by atomic mass is 9.81. The highest BCUT2D eigenvalue weighted by Gasteiger charge is 2.43. The van der Waals surface area contributed by atoms with E-state index in [-0.39, 0.29) is 29.8 Å². The van der Waals surface area contributed by atoms with Gasteiger partial charge in [0, 0.05) is 36.3 Å². The largest absolute Gasteiger partial charge is 0.388 e. The number of hydrogen-bond donors (Lipinski definition) is 2. The highest BCUT2D eigenvalue weighted by molar-refractivity contribution is 5.94. The molecule has 9 nitrogen and oxygen atoms in total. The maximum Gasteiger partial charge on any atom is 0.254 e. The van der Waals surface area contributed by atoms with Crippen LogP contribution in [0, 0.1) is 12.8 Å². The van der Waals surface area contributed by atoms with E-state index in [4.69, 9.17) is 0 Å². The monoisotopic (exact) mass is 476 g/mol. The Kier molecular flexibility index (Phi) is 6.04. The van der Waals surface area contributed by atoms with Gasteiger partial charge in [-0.1, -0.05) is 18.2 Å². The number of carbonyl (C=O) groups excluding carboxylic acids is 2. The third-order valence-electron chi connectivity index (χ3n) is 7.39. The lowest BCUT2D eigenvalue weighted by Gasteiger charge is -2.49. The fourth-order valence-electron chi connectivity index (χ4n) is 5.30. The summed E-state index contributed by atoms with van der Waals surface area (Å²) >= 11 is 0. The standard InChI is InChI=1S/C26H32N6O3/c1-16-20-6-4-5-7-21(20)32(30-16)25-27-14-18(15-28-25)23(33)29-19-10-8-17(9-11-19)24(34)31-13-12-22(31)26(2,3)35/h4-7,14-15,17,19,22,35H,8-13H2,1-3H3,(H,29,33). The van der Waals surface area contributed by atoms with Gasteiger partial charge in [-0.3, -0.25) is 9.59 Å². The van der Waals surface area contributed by atoms with Crippen molar-refractivity contribution < 1.29 is 14.7 Å². The van der Waals surface area contributed by atoms with E-state index in [1.165, 1.54) is 12.4 Å². The molecule has 9 heteroatoms. The second-order valence-corrected chi connectivity index (χ2v) is 10.3. The van der Waals surface area contributed by atoms with Crippen LogP contribution in [0.4, 0.5) is 0 Å². The molecule has 0 spiro atoms. The number of benzene rings is 1. The van der Waals surface area contributed by atoms with Crippen LogP contribution in [0.2, 0.25) is 0 Å². The summed E-state index contributed by atoms with van der Waals surface area (Å²) in [6.07, 6.45) is 6.87. The average molecular weight is 477 g/mol. The summed E-state index contributed by atoms with van der Waals surface area (Å²) in [4.78, 5) is 36.3.